The van der Waals surface area contributed by atoms with Crippen molar-refractivity contribution < 1.29 is 4.74 Å². The third-order valence-corrected chi connectivity index (χ3v) is 2.17. The molecule has 0 aromatic heterocycles. The highest BCUT2D eigenvalue weighted by atomic mass is 16.5. The molecule has 1 aromatic rings. The second-order valence-corrected chi connectivity index (χ2v) is 4.07. The first-order valence-corrected chi connectivity index (χ1v) is 5.50. The third-order valence-electron chi connectivity index (χ3n) is 2.17. The van der Waals surface area contributed by atoms with E-state index in [9.17, 15) is 0 Å². The molecule has 0 radical (unpaired) electrons. The number of hydrogen-bond donors (Lipinski definition) is 1. The maximum atomic E-state index is 8.91. The van der Waals surface area contributed by atoms with Crippen molar-refractivity contribution in [3.63, 3.8) is 0 Å². The molecule has 0 amide bonds. The Bertz CT molecular complexity index is 380. The Morgan fingerprint density at radius 2 is 2.19 bits per heavy atom. The standard InChI is InChI=1S/C13H18N2O/c1-10(2)15-6-7-16-13-8-11(3)4-5-12(13)9-14/h4-5,8,10,15H,6-7H2,1-3H3. The van der Waals surface area contributed by atoms with Crippen molar-refractivity contribution in [3.8, 4) is 11.8 Å². The van der Waals surface area contributed by atoms with Crippen LogP contribution >= 0.6 is 0 Å². The maximum absolute atomic E-state index is 8.91. The molecule has 0 spiro atoms. The molecule has 0 bridgehead atoms. The zero-order chi connectivity index (χ0) is 12.0. The number of benzene rings is 1. The molecule has 16 heavy (non-hydrogen) atoms. The summed E-state index contributed by atoms with van der Waals surface area (Å²) < 4.78 is 5.57. The molecule has 0 saturated carbocycles. The van der Waals surface area contributed by atoms with Crippen LogP contribution < -0.4 is 10.1 Å². The Labute approximate surface area is 97.0 Å². The van der Waals surface area contributed by atoms with Gasteiger partial charge < -0.3 is 10.1 Å². The second kappa shape index (κ2) is 6.14. The summed E-state index contributed by atoms with van der Waals surface area (Å²) in [6.07, 6.45) is 0. The van der Waals surface area contributed by atoms with Crippen molar-refractivity contribution in [1.29, 1.82) is 5.26 Å². The highest BCUT2D eigenvalue weighted by Gasteiger charge is 2.03. The molecule has 0 unspecified atom stereocenters. The molecule has 86 valence electrons. The van der Waals surface area contributed by atoms with Gasteiger partial charge in [-0.25, -0.2) is 0 Å². The van der Waals surface area contributed by atoms with E-state index in [2.05, 4.69) is 25.2 Å². The van der Waals surface area contributed by atoms with Crippen molar-refractivity contribution in [3.05, 3.63) is 29.3 Å². The summed E-state index contributed by atoms with van der Waals surface area (Å²) in [6.45, 7) is 7.54. The maximum Gasteiger partial charge on any atom is 0.137 e. The minimum Gasteiger partial charge on any atom is -0.491 e. The summed E-state index contributed by atoms with van der Waals surface area (Å²) in [4.78, 5) is 0. The zero-order valence-corrected chi connectivity index (χ0v) is 10.1. The van der Waals surface area contributed by atoms with Crippen molar-refractivity contribution in [2.45, 2.75) is 26.8 Å². The Balaban J connectivity index is 2.53. The van der Waals surface area contributed by atoms with Gasteiger partial charge in [-0.05, 0) is 24.6 Å². The van der Waals surface area contributed by atoms with Crippen molar-refractivity contribution in [1.82, 2.24) is 5.32 Å². The fourth-order valence-corrected chi connectivity index (χ4v) is 1.35. The molecule has 3 nitrogen and oxygen atoms in total. The number of nitrogens with zero attached hydrogens (tertiary/aromatic N) is 1. The lowest BCUT2D eigenvalue weighted by Gasteiger charge is -2.11. The molecule has 0 aliphatic heterocycles. The molecule has 1 N–H and O–H groups in total. The van der Waals surface area contributed by atoms with Gasteiger partial charge in [-0.2, -0.15) is 5.26 Å². The number of aryl methyl sites for hydroxylation is 1. The quantitative estimate of drug-likeness (QED) is 0.771. The zero-order valence-electron chi connectivity index (χ0n) is 10.1. The summed E-state index contributed by atoms with van der Waals surface area (Å²) in [5, 5.41) is 12.2. The van der Waals surface area contributed by atoms with E-state index in [0.29, 0.717) is 24.0 Å². The van der Waals surface area contributed by atoms with E-state index in [4.69, 9.17) is 10.00 Å². The summed E-state index contributed by atoms with van der Waals surface area (Å²) in [6, 6.07) is 8.19. The molecule has 0 fully saturated rings. The van der Waals surface area contributed by atoms with E-state index < -0.39 is 0 Å². The minimum absolute atomic E-state index is 0.455. The molecule has 0 saturated heterocycles. The first-order valence-electron chi connectivity index (χ1n) is 5.50. The number of nitrogens with one attached hydrogen (secondary N) is 1. The van der Waals surface area contributed by atoms with Crippen molar-refractivity contribution >= 4 is 0 Å². The lowest BCUT2D eigenvalue weighted by atomic mass is 10.1. The van der Waals surface area contributed by atoms with Crippen molar-refractivity contribution in [2.24, 2.45) is 0 Å². The van der Waals surface area contributed by atoms with Gasteiger partial charge in [0.2, 0.25) is 0 Å². The molecular weight excluding hydrogens is 200 g/mol. The number of hydrogen-bond acceptors (Lipinski definition) is 3. The fourth-order valence-electron chi connectivity index (χ4n) is 1.35. The molecule has 0 heterocycles. The molecular formula is C13H18N2O. The van der Waals surface area contributed by atoms with Gasteiger partial charge >= 0.3 is 0 Å². The highest BCUT2D eigenvalue weighted by Crippen LogP contribution is 2.18. The van der Waals surface area contributed by atoms with Crippen LogP contribution in [-0.4, -0.2) is 19.2 Å². The monoisotopic (exact) mass is 218 g/mol. The fraction of sp³-hybridized carbons (Fsp3) is 0.462. The summed E-state index contributed by atoms with van der Waals surface area (Å²) in [5.41, 5.74) is 1.70. The summed E-state index contributed by atoms with van der Waals surface area (Å²) in [7, 11) is 0. The van der Waals surface area contributed by atoms with Crippen LogP contribution in [0.4, 0.5) is 0 Å². The van der Waals surface area contributed by atoms with E-state index in [1.165, 1.54) is 0 Å². The first kappa shape index (κ1) is 12.5. The van der Waals surface area contributed by atoms with E-state index >= 15 is 0 Å². The minimum atomic E-state index is 0.455. The molecule has 1 aromatic carbocycles. The second-order valence-electron chi connectivity index (χ2n) is 4.07. The van der Waals surface area contributed by atoms with Crippen LogP contribution in [0.25, 0.3) is 0 Å². The topological polar surface area (TPSA) is 45.0 Å². The van der Waals surface area contributed by atoms with E-state index in [1.807, 2.05) is 19.1 Å². The van der Waals surface area contributed by atoms with Gasteiger partial charge in [-0.1, -0.05) is 19.9 Å². The molecule has 3 heteroatoms. The smallest absolute Gasteiger partial charge is 0.137 e. The van der Waals surface area contributed by atoms with Gasteiger partial charge in [0.1, 0.15) is 18.4 Å². The molecule has 0 atom stereocenters. The lowest BCUT2D eigenvalue weighted by Crippen LogP contribution is -2.27. The van der Waals surface area contributed by atoms with Gasteiger partial charge in [0.25, 0.3) is 0 Å². The SMILES string of the molecule is Cc1ccc(C#N)c(OCCNC(C)C)c1. The Morgan fingerprint density at radius 1 is 1.44 bits per heavy atom. The van der Waals surface area contributed by atoms with Gasteiger partial charge in [0.05, 0.1) is 5.56 Å². The first-order chi connectivity index (χ1) is 7.63. The average molecular weight is 218 g/mol. The normalized spacial score (nSPS) is 10.2. The Kier molecular flexibility index (Phi) is 4.81. The number of rotatable bonds is 5. The van der Waals surface area contributed by atoms with E-state index in [-0.39, 0.29) is 0 Å². The van der Waals surface area contributed by atoms with Crippen LogP contribution in [0.1, 0.15) is 25.0 Å². The van der Waals surface area contributed by atoms with Crippen LogP contribution in [-0.2, 0) is 0 Å². The Hall–Kier alpha value is -1.53. The van der Waals surface area contributed by atoms with Crippen molar-refractivity contribution in [2.75, 3.05) is 13.2 Å². The predicted octanol–water partition coefficient (Wildman–Crippen LogP) is 2.24. The summed E-state index contributed by atoms with van der Waals surface area (Å²) >= 11 is 0. The van der Waals surface area contributed by atoms with Crippen LogP contribution in [0, 0.1) is 18.3 Å². The number of ether oxygens (including phenoxy) is 1. The molecule has 0 aliphatic rings. The van der Waals surface area contributed by atoms with Crippen LogP contribution in [0.15, 0.2) is 18.2 Å². The lowest BCUT2D eigenvalue weighted by molar-refractivity contribution is 0.308. The van der Waals surface area contributed by atoms with Gasteiger partial charge in [0.15, 0.2) is 0 Å². The molecule has 1 rings (SSSR count). The highest BCUT2D eigenvalue weighted by molar-refractivity contribution is 5.44. The van der Waals surface area contributed by atoms with Gasteiger partial charge in [-0.15, -0.1) is 0 Å². The van der Waals surface area contributed by atoms with Crippen LogP contribution in [0.2, 0.25) is 0 Å². The van der Waals surface area contributed by atoms with Gasteiger partial charge in [-0.3, -0.25) is 0 Å². The third kappa shape index (κ3) is 3.92. The van der Waals surface area contributed by atoms with Crippen LogP contribution in [0.5, 0.6) is 5.75 Å². The average Bonchev–Trinajstić information content (AvgIpc) is 2.24. The largest absolute Gasteiger partial charge is 0.491 e. The molecule has 0 aliphatic carbocycles. The number of nitriles is 1. The van der Waals surface area contributed by atoms with E-state index in [1.54, 1.807) is 6.07 Å². The Morgan fingerprint density at radius 3 is 2.81 bits per heavy atom. The van der Waals surface area contributed by atoms with Gasteiger partial charge in [0, 0.05) is 12.6 Å². The van der Waals surface area contributed by atoms with E-state index in [0.717, 1.165) is 12.1 Å². The summed E-state index contributed by atoms with van der Waals surface area (Å²) in [5.74, 6) is 0.674. The predicted molar refractivity (Wildman–Crippen MR) is 64.5 cm³/mol. The van der Waals surface area contributed by atoms with Crippen LogP contribution in [0.3, 0.4) is 0 Å².